The van der Waals surface area contributed by atoms with E-state index in [-0.39, 0.29) is 0 Å². The van der Waals surface area contributed by atoms with Gasteiger partial charge in [-0.15, -0.1) is 0 Å². The number of nitrogens with zero attached hydrogens (tertiary/aromatic N) is 3. The molecule has 0 unspecified atom stereocenters. The minimum atomic E-state index is 0.807. The molecule has 0 saturated heterocycles. The average Bonchev–Trinajstić information content (AvgIpc) is 3.29. The lowest BCUT2D eigenvalue weighted by molar-refractivity contribution is 0.477. The third kappa shape index (κ3) is 6.40. The summed E-state index contributed by atoms with van der Waals surface area (Å²) in [6.45, 7) is 0. The van der Waals surface area contributed by atoms with Gasteiger partial charge in [-0.3, -0.25) is 0 Å². The van der Waals surface area contributed by atoms with E-state index in [9.17, 15) is 0 Å². The normalized spacial score (nSPS) is 11.7. The van der Waals surface area contributed by atoms with Gasteiger partial charge >= 0.3 is 0 Å². The van der Waals surface area contributed by atoms with Gasteiger partial charge in [0.1, 0.15) is 0 Å². The molecule has 10 rings (SSSR count). The van der Waals surface area contributed by atoms with E-state index < -0.39 is 0 Å². The number of benzene rings is 7. The van der Waals surface area contributed by atoms with Crippen molar-refractivity contribution in [2.45, 2.75) is 0 Å². The van der Waals surface area contributed by atoms with Gasteiger partial charge in [0.05, 0.1) is 34.2 Å². The SMILES string of the molecule is c1ccc(-c2cc(-c3cc(-c4cc(-c5ccccc5)nc(-c5ccccc5)c4)cc(N4c5ccccc5Oc5ccccc54)c3)cc(-c3ccccc3)n2)cc1. The summed E-state index contributed by atoms with van der Waals surface area (Å²) in [5.74, 6) is 1.61. The van der Waals surface area contributed by atoms with Crippen LogP contribution in [0.4, 0.5) is 17.1 Å². The van der Waals surface area contributed by atoms with E-state index in [1.807, 2.05) is 48.5 Å². The van der Waals surface area contributed by atoms with Crippen LogP contribution in [0.15, 0.2) is 212 Å². The van der Waals surface area contributed by atoms with Gasteiger partial charge in [0, 0.05) is 27.9 Å². The van der Waals surface area contributed by atoms with Crippen molar-refractivity contribution in [3.8, 4) is 78.8 Å². The molecule has 0 aliphatic carbocycles. The monoisotopic (exact) mass is 717 g/mol. The molecule has 0 radical (unpaired) electrons. The van der Waals surface area contributed by atoms with E-state index in [1.54, 1.807) is 0 Å². The molecule has 0 spiro atoms. The number of hydrogen-bond donors (Lipinski definition) is 0. The number of ether oxygens (including phenoxy) is 1. The van der Waals surface area contributed by atoms with Crippen LogP contribution in [0.5, 0.6) is 11.5 Å². The second kappa shape index (κ2) is 14.3. The van der Waals surface area contributed by atoms with Crippen LogP contribution >= 0.6 is 0 Å². The van der Waals surface area contributed by atoms with Crippen LogP contribution in [-0.4, -0.2) is 9.97 Å². The van der Waals surface area contributed by atoms with E-state index in [4.69, 9.17) is 14.7 Å². The molecule has 1 aliphatic rings. The molecule has 1 aliphatic heterocycles. The molecule has 56 heavy (non-hydrogen) atoms. The topological polar surface area (TPSA) is 38.2 Å². The molecular formula is C52H35N3O. The summed E-state index contributed by atoms with van der Waals surface area (Å²) in [5, 5.41) is 0. The van der Waals surface area contributed by atoms with Crippen molar-refractivity contribution in [3.05, 3.63) is 212 Å². The molecule has 4 nitrogen and oxygen atoms in total. The minimum absolute atomic E-state index is 0.807. The van der Waals surface area contributed by atoms with Crippen molar-refractivity contribution in [1.29, 1.82) is 0 Å². The maximum absolute atomic E-state index is 6.46. The molecule has 3 heterocycles. The van der Waals surface area contributed by atoms with Crippen molar-refractivity contribution in [2.75, 3.05) is 4.90 Å². The van der Waals surface area contributed by atoms with Crippen LogP contribution in [0.25, 0.3) is 67.3 Å². The number of anilines is 3. The van der Waals surface area contributed by atoms with E-state index in [1.165, 1.54) is 0 Å². The molecule has 0 N–H and O–H groups in total. The number of hydrogen-bond acceptors (Lipinski definition) is 4. The zero-order valence-electron chi connectivity index (χ0n) is 30.5. The Bertz CT molecular complexity index is 2520. The second-order valence-corrected chi connectivity index (χ2v) is 13.9. The quantitative estimate of drug-likeness (QED) is 0.164. The summed E-state index contributed by atoms with van der Waals surface area (Å²) in [7, 11) is 0. The van der Waals surface area contributed by atoms with Gasteiger partial charge in [-0.2, -0.15) is 0 Å². The molecule has 2 aromatic heterocycles. The highest BCUT2D eigenvalue weighted by Crippen LogP contribution is 2.51. The Morgan fingerprint density at radius 3 is 0.946 bits per heavy atom. The molecule has 0 fully saturated rings. The van der Waals surface area contributed by atoms with E-state index in [2.05, 4.69) is 169 Å². The smallest absolute Gasteiger partial charge is 0.151 e. The predicted octanol–water partition coefficient (Wildman–Crippen LogP) is 14.1. The predicted molar refractivity (Wildman–Crippen MR) is 229 cm³/mol. The van der Waals surface area contributed by atoms with E-state index in [0.29, 0.717) is 0 Å². The van der Waals surface area contributed by atoms with Crippen LogP contribution in [0.1, 0.15) is 0 Å². The molecule has 7 aromatic carbocycles. The summed E-state index contributed by atoms with van der Waals surface area (Å²) in [6, 6.07) is 73.9. The van der Waals surface area contributed by atoms with Crippen LogP contribution in [-0.2, 0) is 0 Å². The van der Waals surface area contributed by atoms with Gasteiger partial charge in [0.15, 0.2) is 11.5 Å². The Kier molecular flexibility index (Phi) is 8.47. The largest absolute Gasteiger partial charge is 0.453 e. The number of pyridine rings is 2. The molecule has 4 heteroatoms. The van der Waals surface area contributed by atoms with Crippen molar-refractivity contribution in [2.24, 2.45) is 0 Å². The second-order valence-electron chi connectivity index (χ2n) is 13.9. The van der Waals surface area contributed by atoms with Crippen LogP contribution in [0.2, 0.25) is 0 Å². The lowest BCUT2D eigenvalue weighted by Crippen LogP contribution is -2.15. The molecule has 0 bridgehead atoms. The van der Waals surface area contributed by atoms with Gasteiger partial charge in [0.2, 0.25) is 0 Å². The van der Waals surface area contributed by atoms with Crippen molar-refractivity contribution in [3.63, 3.8) is 0 Å². The highest BCUT2D eigenvalue weighted by atomic mass is 16.5. The third-order valence-electron chi connectivity index (χ3n) is 10.2. The lowest BCUT2D eigenvalue weighted by atomic mass is 9.94. The standard InChI is InChI=1S/C52H35N3O/c1-5-17-36(18-6-1)45-32-42(33-46(53-45)37-19-7-2-8-20-37)40-29-41(31-44(30-40)55-49-25-13-15-27-51(49)56-52-28-16-14-26-50(52)55)43-34-47(38-21-9-3-10-22-38)54-48(35-43)39-23-11-4-12-24-39/h1-35H. The maximum Gasteiger partial charge on any atom is 0.151 e. The van der Waals surface area contributed by atoms with Crippen molar-refractivity contribution in [1.82, 2.24) is 9.97 Å². The van der Waals surface area contributed by atoms with Gasteiger partial charge in [-0.25, -0.2) is 9.97 Å². The molecule has 0 amide bonds. The minimum Gasteiger partial charge on any atom is -0.453 e. The fourth-order valence-corrected chi connectivity index (χ4v) is 7.48. The highest BCUT2D eigenvalue weighted by molar-refractivity contribution is 5.91. The van der Waals surface area contributed by atoms with Crippen LogP contribution in [0.3, 0.4) is 0 Å². The number of aromatic nitrogens is 2. The molecular weight excluding hydrogens is 683 g/mol. The van der Waals surface area contributed by atoms with Crippen molar-refractivity contribution >= 4 is 17.1 Å². The van der Waals surface area contributed by atoms with Gasteiger partial charge in [-0.05, 0) is 89.0 Å². The first-order valence-corrected chi connectivity index (χ1v) is 18.8. The first-order valence-electron chi connectivity index (χ1n) is 18.8. The highest BCUT2D eigenvalue weighted by Gasteiger charge is 2.26. The lowest BCUT2D eigenvalue weighted by Gasteiger charge is -2.33. The molecule has 9 aromatic rings. The number of para-hydroxylation sites is 4. The maximum atomic E-state index is 6.46. The number of fused-ring (bicyclic) bond motifs is 2. The Morgan fingerprint density at radius 2 is 0.589 bits per heavy atom. The fraction of sp³-hybridized carbons (Fsp3) is 0. The Morgan fingerprint density at radius 1 is 0.286 bits per heavy atom. The van der Waals surface area contributed by atoms with E-state index in [0.717, 1.165) is 95.8 Å². The first kappa shape index (κ1) is 33.0. The van der Waals surface area contributed by atoms with Gasteiger partial charge in [0.25, 0.3) is 0 Å². The average molecular weight is 718 g/mol. The zero-order valence-corrected chi connectivity index (χ0v) is 30.5. The Balaban J connectivity index is 1.25. The first-order chi connectivity index (χ1) is 27.7. The van der Waals surface area contributed by atoms with Gasteiger partial charge in [-0.1, -0.05) is 146 Å². The summed E-state index contributed by atoms with van der Waals surface area (Å²) >= 11 is 0. The van der Waals surface area contributed by atoms with Crippen LogP contribution < -0.4 is 9.64 Å². The third-order valence-corrected chi connectivity index (χ3v) is 10.2. The summed E-state index contributed by atoms with van der Waals surface area (Å²) in [5.41, 5.74) is 15.1. The molecule has 0 atom stereocenters. The summed E-state index contributed by atoms with van der Waals surface area (Å²) in [4.78, 5) is 12.7. The molecule has 0 saturated carbocycles. The Labute approximate surface area is 326 Å². The van der Waals surface area contributed by atoms with E-state index >= 15 is 0 Å². The van der Waals surface area contributed by atoms with Crippen LogP contribution in [0, 0.1) is 0 Å². The number of rotatable bonds is 7. The summed E-state index contributed by atoms with van der Waals surface area (Å²) in [6.07, 6.45) is 0. The van der Waals surface area contributed by atoms with Crippen molar-refractivity contribution < 1.29 is 4.74 Å². The zero-order chi connectivity index (χ0) is 37.3. The summed E-state index contributed by atoms with van der Waals surface area (Å²) < 4.78 is 6.46. The molecule has 264 valence electrons. The van der Waals surface area contributed by atoms with Gasteiger partial charge < -0.3 is 9.64 Å². The fourth-order valence-electron chi connectivity index (χ4n) is 7.48. The Hall–Kier alpha value is -7.56.